The van der Waals surface area contributed by atoms with Crippen LogP contribution < -0.4 is 15.4 Å². The molecule has 0 fully saturated rings. The van der Waals surface area contributed by atoms with Gasteiger partial charge in [-0.1, -0.05) is 0 Å². The van der Waals surface area contributed by atoms with Crippen molar-refractivity contribution >= 4 is 23.2 Å². The second kappa shape index (κ2) is 9.73. The van der Waals surface area contributed by atoms with Crippen LogP contribution in [0.3, 0.4) is 0 Å². The van der Waals surface area contributed by atoms with Gasteiger partial charge in [0.05, 0.1) is 12.3 Å². The molecule has 0 aliphatic rings. The van der Waals surface area contributed by atoms with Gasteiger partial charge in [-0.25, -0.2) is 0 Å². The number of hydrogen-bond acceptors (Lipinski definition) is 4. The first kappa shape index (κ1) is 21.1. The number of aromatic nitrogens is 2. The smallest absolute Gasteiger partial charge is 0.255 e. The first-order chi connectivity index (χ1) is 14.4. The van der Waals surface area contributed by atoms with Crippen LogP contribution in [-0.2, 0) is 18.3 Å². The number of nitrogens with one attached hydrogen (secondary N) is 2. The molecule has 0 aliphatic carbocycles. The average molecular weight is 406 g/mol. The van der Waals surface area contributed by atoms with Crippen molar-refractivity contribution in [3.8, 4) is 5.75 Å². The summed E-state index contributed by atoms with van der Waals surface area (Å²) in [6.07, 6.45) is 2.93. The Hall–Kier alpha value is -3.61. The maximum absolute atomic E-state index is 12.4. The first-order valence-electron chi connectivity index (χ1n) is 9.88. The number of benzene rings is 2. The fourth-order valence-electron chi connectivity index (χ4n) is 3.08. The van der Waals surface area contributed by atoms with E-state index in [4.69, 9.17) is 4.74 Å². The standard InChI is InChI=1S/C23H26N4O3/c1-4-30-21-12-10-20(11-13-21)25-23(29)17-5-8-19(9-6-17)24-22(28)14-7-18-15-27(3)26-16(18)2/h5-6,8-13,15H,4,7,14H2,1-3H3,(H,24,28)(H,25,29). The lowest BCUT2D eigenvalue weighted by Crippen LogP contribution is -2.14. The van der Waals surface area contributed by atoms with Crippen LogP contribution in [-0.4, -0.2) is 28.2 Å². The summed E-state index contributed by atoms with van der Waals surface area (Å²) in [4.78, 5) is 24.6. The van der Waals surface area contributed by atoms with Gasteiger partial charge in [0.2, 0.25) is 5.91 Å². The molecular weight excluding hydrogens is 380 g/mol. The van der Waals surface area contributed by atoms with E-state index in [2.05, 4.69) is 15.7 Å². The highest BCUT2D eigenvalue weighted by molar-refractivity contribution is 6.04. The molecule has 30 heavy (non-hydrogen) atoms. The second-order valence-corrected chi connectivity index (χ2v) is 6.95. The monoisotopic (exact) mass is 406 g/mol. The van der Waals surface area contributed by atoms with Gasteiger partial charge in [0.1, 0.15) is 5.75 Å². The molecule has 0 radical (unpaired) electrons. The van der Waals surface area contributed by atoms with Crippen molar-refractivity contribution in [3.05, 3.63) is 71.5 Å². The predicted octanol–water partition coefficient (Wildman–Crippen LogP) is 3.95. The summed E-state index contributed by atoms with van der Waals surface area (Å²) < 4.78 is 7.14. The molecule has 3 rings (SSSR count). The second-order valence-electron chi connectivity index (χ2n) is 6.95. The van der Waals surface area contributed by atoms with Crippen LogP contribution in [0.15, 0.2) is 54.7 Å². The van der Waals surface area contributed by atoms with Crippen LogP contribution >= 0.6 is 0 Å². The predicted molar refractivity (Wildman–Crippen MR) is 117 cm³/mol. The molecule has 2 aromatic carbocycles. The molecule has 0 unspecified atom stereocenters. The van der Waals surface area contributed by atoms with Gasteiger partial charge in [-0.15, -0.1) is 0 Å². The number of carbonyl (C=O) groups is 2. The minimum absolute atomic E-state index is 0.0788. The molecule has 7 nitrogen and oxygen atoms in total. The Bertz CT molecular complexity index is 1010. The topological polar surface area (TPSA) is 85.3 Å². The van der Waals surface area contributed by atoms with Crippen LogP contribution in [0, 0.1) is 6.92 Å². The largest absolute Gasteiger partial charge is 0.494 e. The zero-order chi connectivity index (χ0) is 21.5. The van der Waals surface area contributed by atoms with E-state index in [1.54, 1.807) is 41.1 Å². The number of amides is 2. The summed E-state index contributed by atoms with van der Waals surface area (Å²) >= 11 is 0. The number of nitrogens with zero attached hydrogens (tertiary/aromatic N) is 2. The summed E-state index contributed by atoms with van der Waals surface area (Å²) in [5, 5.41) is 9.99. The van der Waals surface area contributed by atoms with Crippen molar-refractivity contribution in [1.29, 1.82) is 0 Å². The van der Waals surface area contributed by atoms with Crippen LogP contribution in [0.4, 0.5) is 11.4 Å². The summed E-state index contributed by atoms with van der Waals surface area (Å²) in [5.74, 6) is 0.461. The van der Waals surface area contributed by atoms with Crippen molar-refractivity contribution in [2.45, 2.75) is 26.7 Å². The van der Waals surface area contributed by atoms with Gasteiger partial charge >= 0.3 is 0 Å². The number of aryl methyl sites for hydroxylation is 3. The van der Waals surface area contributed by atoms with Gasteiger partial charge in [0.25, 0.3) is 5.91 Å². The zero-order valence-electron chi connectivity index (χ0n) is 17.4. The Morgan fingerprint density at radius 3 is 2.23 bits per heavy atom. The fraction of sp³-hybridized carbons (Fsp3) is 0.261. The van der Waals surface area contributed by atoms with E-state index < -0.39 is 0 Å². The summed E-state index contributed by atoms with van der Waals surface area (Å²) in [6, 6.07) is 14.0. The minimum atomic E-state index is -0.218. The van der Waals surface area contributed by atoms with Crippen LogP contribution in [0.1, 0.15) is 35.0 Å². The van der Waals surface area contributed by atoms with Crippen LogP contribution in [0.2, 0.25) is 0 Å². The van der Waals surface area contributed by atoms with Gasteiger partial charge in [-0.2, -0.15) is 5.10 Å². The van der Waals surface area contributed by atoms with Gasteiger partial charge in [-0.3, -0.25) is 14.3 Å². The summed E-state index contributed by atoms with van der Waals surface area (Å²) in [5.41, 5.74) is 3.85. The summed E-state index contributed by atoms with van der Waals surface area (Å²) in [7, 11) is 1.87. The average Bonchev–Trinajstić information content (AvgIpc) is 3.05. The lowest BCUT2D eigenvalue weighted by Gasteiger charge is -2.09. The van der Waals surface area contributed by atoms with Gasteiger partial charge < -0.3 is 15.4 Å². The van der Waals surface area contributed by atoms with Crippen molar-refractivity contribution < 1.29 is 14.3 Å². The number of ether oxygens (including phenoxy) is 1. The maximum Gasteiger partial charge on any atom is 0.255 e. The molecule has 7 heteroatoms. The van der Waals surface area contributed by atoms with Crippen molar-refractivity contribution in [1.82, 2.24) is 9.78 Å². The molecule has 0 saturated carbocycles. The van der Waals surface area contributed by atoms with Gasteiger partial charge in [0, 0.05) is 36.6 Å². The molecule has 2 N–H and O–H groups in total. The van der Waals surface area contributed by atoms with Gasteiger partial charge in [0.15, 0.2) is 0 Å². The number of hydrogen-bond donors (Lipinski definition) is 2. The highest BCUT2D eigenvalue weighted by Gasteiger charge is 2.09. The Labute approximate surface area is 176 Å². The number of anilines is 2. The van der Waals surface area contributed by atoms with E-state index in [-0.39, 0.29) is 11.8 Å². The Morgan fingerprint density at radius 1 is 1.00 bits per heavy atom. The molecule has 2 amide bonds. The summed E-state index contributed by atoms with van der Waals surface area (Å²) in [6.45, 7) is 4.45. The third-order valence-electron chi connectivity index (χ3n) is 4.59. The Morgan fingerprint density at radius 2 is 1.63 bits per heavy atom. The van der Waals surface area contributed by atoms with Crippen LogP contribution in [0.5, 0.6) is 5.75 Å². The lowest BCUT2D eigenvalue weighted by atomic mass is 10.1. The highest BCUT2D eigenvalue weighted by atomic mass is 16.5. The van der Waals surface area contributed by atoms with E-state index in [9.17, 15) is 9.59 Å². The van der Waals surface area contributed by atoms with E-state index in [0.717, 1.165) is 17.0 Å². The lowest BCUT2D eigenvalue weighted by molar-refractivity contribution is -0.116. The van der Waals surface area contributed by atoms with Crippen molar-refractivity contribution in [2.75, 3.05) is 17.2 Å². The van der Waals surface area contributed by atoms with E-state index in [0.29, 0.717) is 36.4 Å². The Balaban J connectivity index is 1.51. The normalized spacial score (nSPS) is 10.5. The number of rotatable bonds is 8. The van der Waals surface area contributed by atoms with Crippen LogP contribution in [0.25, 0.3) is 0 Å². The third kappa shape index (κ3) is 5.70. The molecule has 0 bridgehead atoms. The van der Waals surface area contributed by atoms with E-state index in [1.165, 1.54) is 0 Å². The molecule has 1 heterocycles. The SMILES string of the molecule is CCOc1ccc(NC(=O)c2ccc(NC(=O)CCc3cn(C)nc3C)cc2)cc1. The number of carbonyl (C=O) groups excluding carboxylic acids is 2. The maximum atomic E-state index is 12.4. The van der Waals surface area contributed by atoms with Crippen molar-refractivity contribution in [3.63, 3.8) is 0 Å². The molecule has 3 aromatic rings. The zero-order valence-corrected chi connectivity index (χ0v) is 17.4. The van der Waals surface area contributed by atoms with Gasteiger partial charge in [-0.05, 0) is 74.4 Å². The molecule has 1 aromatic heterocycles. The van der Waals surface area contributed by atoms with Crippen molar-refractivity contribution in [2.24, 2.45) is 7.05 Å². The first-order valence-corrected chi connectivity index (χ1v) is 9.88. The molecule has 156 valence electrons. The fourth-order valence-corrected chi connectivity index (χ4v) is 3.08. The molecule has 0 atom stereocenters. The Kier molecular flexibility index (Phi) is 6.85. The molecule has 0 aliphatic heterocycles. The molecular formula is C23H26N4O3. The van der Waals surface area contributed by atoms with E-state index in [1.807, 2.05) is 39.2 Å². The quantitative estimate of drug-likeness (QED) is 0.593. The highest BCUT2D eigenvalue weighted by Crippen LogP contribution is 2.17. The third-order valence-corrected chi connectivity index (χ3v) is 4.59. The van der Waals surface area contributed by atoms with E-state index >= 15 is 0 Å². The molecule has 0 spiro atoms. The molecule has 0 saturated heterocycles. The minimum Gasteiger partial charge on any atom is -0.494 e.